The van der Waals surface area contributed by atoms with Gasteiger partial charge in [-0.1, -0.05) is 18.2 Å². The Hall–Kier alpha value is -4.14. The highest BCUT2D eigenvalue weighted by molar-refractivity contribution is 5.93. The number of nitrogens with one attached hydrogen (secondary N) is 2. The standard InChI is InChI=1S/C21H20N6O3/c1-27-21-16(11-24-27)20(22-13-23-21)26-15-7-5-6-14(10-15)25-19(28)12-30-18-9-4-3-8-17(18)29-2/h3-11,13H,12H2,1-2H3,(H,25,28)(H,22,23,26). The zero-order valence-electron chi connectivity index (χ0n) is 16.5. The molecule has 152 valence electrons. The van der Waals surface area contributed by atoms with Gasteiger partial charge < -0.3 is 20.1 Å². The number of aromatic nitrogens is 4. The topological polar surface area (TPSA) is 103 Å². The fourth-order valence-electron chi connectivity index (χ4n) is 2.95. The molecular formula is C21H20N6O3. The highest BCUT2D eigenvalue weighted by Crippen LogP contribution is 2.26. The maximum atomic E-state index is 12.3. The number of methoxy groups -OCH3 is 1. The third-order valence-electron chi connectivity index (χ3n) is 4.37. The van der Waals surface area contributed by atoms with Crippen LogP contribution in [0.25, 0.3) is 11.0 Å². The second kappa shape index (κ2) is 8.48. The molecule has 2 N–H and O–H groups in total. The minimum absolute atomic E-state index is 0.139. The van der Waals surface area contributed by atoms with E-state index in [9.17, 15) is 4.79 Å². The Kier molecular flexibility index (Phi) is 5.42. The van der Waals surface area contributed by atoms with Gasteiger partial charge in [-0.3, -0.25) is 9.48 Å². The molecular weight excluding hydrogens is 384 g/mol. The van der Waals surface area contributed by atoms with E-state index in [1.54, 1.807) is 36.2 Å². The maximum absolute atomic E-state index is 12.3. The van der Waals surface area contributed by atoms with Crippen LogP contribution in [-0.2, 0) is 11.8 Å². The normalized spacial score (nSPS) is 10.6. The van der Waals surface area contributed by atoms with Gasteiger partial charge in [-0.2, -0.15) is 5.10 Å². The van der Waals surface area contributed by atoms with Crippen molar-refractivity contribution in [3.05, 3.63) is 61.1 Å². The number of fused-ring (bicyclic) bond motifs is 1. The minimum atomic E-state index is -0.283. The van der Waals surface area contributed by atoms with E-state index in [1.807, 2.05) is 37.4 Å². The fraction of sp³-hybridized carbons (Fsp3) is 0.143. The largest absolute Gasteiger partial charge is 0.493 e. The first-order valence-electron chi connectivity index (χ1n) is 9.19. The molecule has 0 radical (unpaired) electrons. The zero-order valence-corrected chi connectivity index (χ0v) is 16.5. The lowest BCUT2D eigenvalue weighted by molar-refractivity contribution is -0.118. The van der Waals surface area contributed by atoms with Crippen LogP contribution in [0.15, 0.2) is 61.1 Å². The minimum Gasteiger partial charge on any atom is -0.493 e. The number of hydrogen-bond acceptors (Lipinski definition) is 7. The number of para-hydroxylation sites is 2. The predicted octanol–water partition coefficient (Wildman–Crippen LogP) is 3.13. The van der Waals surface area contributed by atoms with Crippen molar-refractivity contribution >= 4 is 34.1 Å². The number of hydrogen-bond donors (Lipinski definition) is 2. The summed E-state index contributed by atoms with van der Waals surface area (Å²) in [6.07, 6.45) is 3.19. The van der Waals surface area contributed by atoms with Crippen molar-refractivity contribution in [3.63, 3.8) is 0 Å². The molecule has 2 heterocycles. The summed E-state index contributed by atoms with van der Waals surface area (Å²) in [5.41, 5.74) is 2.12. The maximum Gasteiger partial charge on any atom is 0.262 e. The molecule has 2 aromatic heterocycles. The van der Waals surface area contributed by atoms with Crippen LogP contribution in [0.1, 0.15) is 0 Å². The SMILES string of the molecule is COc1ccccc1OCC(=O)Nc1cccc(Nc2ncnc3c2cnn3C)c1. The molecule has 0 unspecified atom stereocenters. The van der Waals surface area contributed by atoms with E-state index in [-0.39, 0.29) is 12.5 Å². The number of carbonyl (C=O) groups is 1. The number of benzene rings is 2. The van der Waals surface area contributed by atoms with Gasteiger partial charge in [-0.25, -0.2) is 9.97 Å². The average molecular weight is 404 g/mol. The van der Waals surface area contributed by atoms with Crippen LogP contribution in [0.5, 0.6) is 11.5 Å². The van der Waals surface area contributed by atoms with Crippen LogP contribution in [0.4, 0.5) is 17.2 Å². The molecule has 0 saturated carbocycles. The Balaban J connectivity index is 1.42. The Labute approximate surface area is 172 Å². The number of rotatable bonds is 7. The zero-order chi connectivity index (χ0) is 20.9. The number of nitrogens with zero attached hydrogens (tertiary/aromatic N) is 4. The van der Waals surface area contributed by atoms with E-state index in [4.69, 9.17) is 9.47 Å². The molecule has 0 aliphatic rings. The van der Waals surface area contributed by atoms with Crippen LogP contribution >= 0.6 is 0 Å². The van der Waals surface area contributed by atoms with E-state index in [2.05, 4.69) is 25.7 Å². The third kappa shape index (κ3) is 4.14. The number of carbonyl (C=O) groups excluding carboxylic acids is 1. The van der Waals surface area contributed by atoms with E-state index in [1.165, 1.54) is 6.33 Å². The van der Waals surface area contributed by atoms with Gasteiger partial charge in [0.2, 0.25) is 0 Å². The Morgan fingerprint density at radius 3 is 2.70 bits per heavy atom. The summed E-state index contributed by atoms with van der Waals surface area (Å²) in [7, 11) is 3.38. The molecule has 9 nitrogen and oxygen atoms in total. The molecule has 0 bridgehead atoms. The van der Waals surface area contributed by atoms with Crippen LogP contribution in [0.3, 0.4) is 0 Å². The molecule has 0 aliphatic carbocycles. The molecule has 30 heavy (non-hydrogen) atoms. The van der Waals surface area contributed by atoms with Crippen molar-refractivity contribution in [2.24, 2.45) is 7.05 Å². The molecule has 1 amide bonds. The first kappa shape index (κ1) is 19.2. The van der Waals surface area contributed by atoms with Gasteiger partial charge in [0.05, 0.1) is 18.7 Å². The molecule has 4 aromatic rings. The lowest BCUT2D eigenvalue weighted by Gasteiger charge is -2.11. The summed E-state index contributed by atoms with van der Waals surface area (Å²) in [5.74, 6) is 1.43. The van der Waals surface area contributed by atoms with Crippen molar-refractivity contribution in [2.75, 3.05) is 24.4 Å². The Morgan fingerprint density at radius 1 is 1.07 bits per heavy atom. The van der Waals surface area contributed by atoms with Crippen molar-refractivity contribution in [3.8, 4) is 11.5 Å². The van der Waals surface area contributed by atoms with Crippen LogP contribution in [0.2, 0.25) is 0 Å². The Bertz CT molecular complexity index is 1190. The lowest BCUT2D eigenvalue weighted by Crippen LogP contribution is -2.20. The molecule has 4 rings (SSSR count). The highest BCUT2D eigenvalue weighted by Gasteiger charge is 2.10. The van der Waals surface area contributed by atoms with Gasteiger partial charge in [0.15, 0.2) is 23.8 Å². The van der Waals surface area contributed by atoms with Crippen molar-refractivity contribution in [2.45, 2.75) is 0 Å². The average Bonchev–Trinajstić information content (AvgIpc) is 3.15. The monoisotopic (exact) mass is 404 g/mol. The summed E-state index contributed by atoms with van der Waals surface area (Å²) in [5, 5.41) is 11.1. The molecule has 0 aliphatic heterocycles. The van der Waals surface area contributed by atoms with Crippen molar-refractivity contribution < 1.29 is 14.3 Å². The number of anilines is 3. The fourth-order valence-corrected chi connectivity index (χ4v) is 2.95. The van der Waals surface area contributed by atoms with Gasteiger partial charge in [0.1, 0.15) is 12.1 Å². The highest BCUT2D eigenvalue weighted by atomic mass is 16.5. The van der Waals surface area contributed by atoms with E-state index in [0.717, 1.165) is 16.7 Å². The van der Waals surface area contributed by atoms with Gasteiger partial charge >= 0.3 is 0 Å². The van der Waals surface area contributed by atoms with Gasteiger partial charge in [0.25, 0.3) is 5.91 Å². The van der Waals surface area contributed by atoms with Gasteiger partial charge in [-0.05, 0) is 30.3 Å². The van der Waals surface area contributed by atoms with Crippen molar-refractivity contribution in [1.82, 2.24) is 19.7 Å². The van der Waals surface area contributed by atoms with Crippen LogP contribution < -0.4 is 20.1 Å². The predicted molar refractivity (Wildman–Crippen MR) is 113 cm³/mol. The first-order chi connectivity index (χ1) is 14.6. The van der Waals surface area contributed by atoms with E-state index < -0.39 is 0 Å². The van der Waals surface area contributed by atoms with Crippen LogP contribution in [0, 0.1) is 0 Å². The third-order valence-corrected chi connectivity index (χ3v) is 4.37. The summed E-state index contributed by atoms with van der Waals surface area (Å²) in [6, 6.07) is 14.5. The van der Waals surface area contributed by atoms with E-state index in [0.29, 0.717) is 23.0 Å². The Morgan fingerprint density at radius 2 is 1.87 bits per heavy atom. The summed E-state index contributed by atoms with van der Waals surface area (Å²) >= 11 is 0. The second-order valence-corrected chi connectivity index (χ2v) is 6.42. The smallest absolute Gasteiger partial charge is 0.262 e. The molecule has 0 atom stereocenters. The molecule has 9 heteroatoms. The molecule has 2 aromatic carbocycles. The van der Waals surface area contributed by atoms with Gasteiger partial charge in [0, 0.05) is 18.4 Å². The van der Waals surface area contributed by atoms with Crippen LogP contribution in [-0.4, -0.2) is 39.4 Å². The summed E-state index contributed by atoms with van der Waals surface area (Å²) < 4.78 is 12.5. The number of aryl methyl sites for hydroxylation is 1. The van der Waals surface area contributed by atoms with Crippen molar-refractivity contribution in [1.29, 1.82) is 0 Å². The molecule has 0 fully saturated rings. The van der Waals surface area contributed by atoms with E-state index >= 15 is 0 Å². The summed E-state index contributed by atoms with van der Waals surface area (Å²) in [4.78, 5) is 20.8. The molecule has 0 spiro atoms. The quantitative estimate of drug-likeness (QED) is 0.488. The van der Waals surface area contributed by atoms with Gasteiger partial charge in [-0.15, -0.1) is 0 Å². The molecule has 0 saturated heterocycles. The number of amides is 1. The number of ether oxygens (including phenoxy) is 2. The summed E-state index contributed by atoms with van der Waals surface area (Å²) in [6.45, 7) is -0.139. The lowest BCUT2D eigenvalue weighted by atomic mass is 10.2. The second-order valence-electron chi connectivity index (χ2n) is 6.42. The first-order valence-corrected chi connectivity index (χ1v) is 9.19.